The lowest BCUT2D eigenvalue weighted by Crippen LogP contribution is -2.62. The van der Waals surface area contributed by atoms with Gasteiger partial charge in [0.2, 0.25) is 11.8 Å². The van der Waals surface area contributed by atoms with Gasteiger partial charge in [0.25, 0.3) is 0 Å². The van der Waals surface area contributed by atoms with E-state index < -0.39 is 24.0 Å². The molecule has 2 heterocycles. The van der Waals surface area contributed by atoms with E-state index in [-0.39, 0.29) is 12.5 Å². The predicted octanol–water partition coefficient (Wildman–Crippen LogP) is 1.48. The molecule has 1 spiro atoms. The third-order valence-corrected chi connectivity index (χ3v) is 5.09. The first-order chi connectivity index (χ1) is 10.7. The lowest BCUT2D eigenvalue weighted by atomic mass is 9.86. The van der Waals surface area contributed by atoms with Crippen LogP contribution < -0.4 is 0 Å². The van der Waals surface area contributed by atoms with Crippen molar-refractivity contribution >= 4 is 11.8 Å². The Bertz CT molecular complexity index is 469. The molecule has 0 aliphatic carbocycles. The molecule has 0 aromatic heterocycles. The zero-order valence-corrected chi connectivity index (χ0v) is 13.7. The first-order valence-corrected chi connectivity index (χ1v) is 8.00. The van der Waals surface area contributed by atoms with Crippen molar-refractivity contribution in [2.24, 2.45) is 0 Å². The summed E-state index contributed by atoms with van der Waals surface area (Å²) in [7, 11) is 1.93. The number of nitrogens with zero attached hydrogens (tertiary/aromatic N) is 3. The summed E-state index contributed by atoms with van der Waals surface area (Å²) in [5.41, 5.74) is -0.404. The molecule has 2 fully saturated rings. The van der Waals surface area contributed by atoms with Crippen molar-refractivity contribution in [1.29, 1.82) is 0 Å². The molecule has 2 amide bonds. The Morgan fingerprint density at radius 1 is 1.22 bits per heavy atom. The van der Waals surface area contributed by atoms with Crippen molar-refractivity contribution in [3.63, 3.8) is 0 Å². The number of likely N-dealkylation sites (N-methyl/N-ethyl adjacent to an activating group) is 1. The number of hydrogen-bond donors (Lipinski definition) is 0. The second-order valence-electron chi connectivity index (χ2n) is 6.48. The van der Waals surface area contributed by atoms with Gasteiger partial charge in [-0.05, 0) is 26.8 Å². The molecule has 0 N–H and O–H groups in total. The Labute approximate surface area is 134 Å². The quantitative estimate of drug-likeness (QED) is 0.768. The van der Waals surface area contributed by atoms with Gasteiger partial charge in [0.05, 0.1) is 0 Å². The number of piperazine rings is 1. The van der Waals surface area contributed by atoms with Gasteiger partial charge in [-0.3, -0.25) is 14.5 Å². The minimum atomic E-state index is -4.48. The largest absolute Gasteiger partial charge is 0.397 e. The van der Waals surface area contributed by atoms with Crippen LogP contribution >= 0.6 is 0 Å². The molecule has 5 nitrogen and oxygen atoms in total. The van der Waals surface area contributed by atoms with Crippen molar-refractivity contribution in [3.05, 3.63) is 0 Å². The molecule has 0 aromatic carbocycles. The smallest absolute Gasteiger partial charge is 0.343 e. The molecule has 0 unspecified atom stereocenters. The van der Waals surface area contributed by atoms with E-state index >= 15 is 0 Å². The predicted molar refractivity (Wildman–Crippen MR) is 78.7 cm³/mol. The van der Waals surface area contributed by atoms with Crippen molar-refractivity contribution < 1.29 is 22.8 Å². The zero-order valence-electron chi connectivity index (χ0n) is 13.7. The average molecular weight is 335 g/mol. The van der Waals surface area contributed by atoms with Crippen LogP contribution in [0, 0.1) is 0 Å². The van der Waals surface area contributed by atoms with E-state index in [9.17, 15) is 22.8 Å². The van der Waals surface area contributed by atoms with Gasteiger partial charge in [-0.15, -0.1) is 0 Å². The van der Waals surface area contributed by atoms with Crippen molar-refractivity contribution in [2.75, 3.05) is 39.8 Å². The van der Waals surface area contributed by atoms with Crippen LogP contribution in [0.4, 0.5) is 13.2 Å². The summed E-state index contributed by atoms with van der Waals surface area (Å²) in [6.45, 7) is 4.24. The van der Waals surface area contributed by atoms with E-state index in [1.54, 1.807) is 4.90 Å². The van der Waals surface area contributed by atoms with Gasteiger partial charge in [-0.1, -0.05) is 0 Å². The number of amides is 2. The molecule has 2 saturated heterocycles. The average Bonchev–Trinajstić information content (AvgIpc) is 2.61. The minimum Gasteiger partial charge on any atom is -0.343 e. The number of hydrogen-bond acceptors (Lipinski definition) is 3. The maximum atomic E-state index is 12.5. The number of rotatable bonds is 2. The first kappa shape index (κ1) is 18.0. The van der Waals surface area contributed by atoms with Crippen LogP contribution in [0.15, 0.2) is 0 Å². The SMILES string of the molecule is CCN1CC[C@]2(CCC1=O)CN(C(=O)CC(F)(F)F)CCN2C. The highest BCUT2D eigenvalue weighted by Crippen LogP contribution is 2.33. The summed E-state index contributed by atoms with van der Waals surface area (Å²) < 4.78 is 37.4. The van der Waals surface area contributed by atoms with E-state index in [0.717, 1.165) is 0 Å². The fraction of sp³-hybridized carbons (Fsp3) is 0.867. The Morgan fingerprint density at radius 2 is 1.91 bits per heavy atom. The molecular formula is C15H24F3N3O2. The van der Waals surface area contributed by atoms with Gasteiger partial charge < -0.3 is 9.80 Å². The van der Waals surface area contributed by atoms with Crippen LogP contribution in [0.1, 0.15) is 32.6 Å². The van der Waals surface area contributed by atoms with Crippen LogP contribution in [0.25, 0.3) is 0 Å². The van der Waals surface area contributed by atoms with Crippen LogP contribution in [0.2, 0.25) is 0 Å². The number of carbonyl (C=O) groups excluding carboxylic acids is 2. The Kier molecular flexibility index (Phi) is 5.23. The first-order valence-electron chi connectivity index (χ1n) is 8.00. The Balaban J connectivity index is 2.11. The topological polar surface area (TPSA) is 43.9 Å². The molecule has 23 heavy (non-hydrogen) atoms. The van der Waals surface area contributed by atoms with Gasteiger partial charge in [-0.25, -0.2) is 0 Å². The van der Waals surface area contributed by atoms with E-state index in [4.69, 9.17) is 0 Å². The number of halogens is 3. The summed E-state index contributed by atoms with van der Waals surface area (Å²) in [5.74, 6) is -0.788. The summed E-state index contributed by atoms with van der Waals surface area (Å²) in [5, 5.41) is 0. The second-order valence-corrected chi connectivity index (χ2v) is 6.48. The van der Waals surface area contributed by atoms with Gasteiger partial charge in [-0.2, -0.15) is 13.2 Å². The highest BCUT2D eigenvalue weighted by molar-refractivity contribution is 5.78. The molecule has 0 aromatic rings. The highest BCUT2D eigenvalue weighted by Gasteiger charge is 2.44. The Morgan fingerprint density at radius 3 is 2.52 bits per heavy atom. The van der Waals surface area contributed by atoms with Crippen LogP contribution in [-0.4, -0.2) is 78.0 Å². The fourth-order valence-electron chi connectivity index (χ4n) is 3.52. The summed E-state index contributed by atoms with van der Waals surface area (Å²) in [6, 6.07) is 0. The normalized spacial score (nSPS) is 27.4. The molecule has 132 valence electrons. The van der Waals surface area contributed by atoms with Crippen LogP contribution in [-0.2, 0) is 9.59 Å². The zero-order chi connectivity index (χ0) is 17.3. The summed E-state index contributed by atoms with van der Waals surface area (Å²) in [6.07, 6.45) is -4.26. The minimum absolute atomic E-state index is 0.0801. The van der Waals surface area contributed by atoms with Crippen molar-refractivity contribution in [3.8, 4) is 0 Å². The third kappa shape index (κ3) is 4.16. The van der Waals surface area contributed by atoms with E-state index in [1.165, 1.54) is 4.90 Å². The van der Waals surface area contributed by atoms with E-state index in [1.807, 2.05) is 14.0 Å². The monoisotopic (exact) mass is 335 g/mol. The number of carbonyl (C=O) groups is 2. The molecular weight excluding hydrogens is 311 g/mol. The summed E-state index contributed by atoms with van der Waals surface area (Å²) >= 11 is 0. The fourth-order valence-corrected chi connectivity index (χ4v) is 3.52. The molecule has 2 aliphatic heterocycles. The molecule has 0 bridgehead atoms. The van der Waals surface area contributed by atoms with Crippen molar-refractivity contribution in [1.82, 2.24) is 14.7 Å². The van der Waals surface area contributed by atoms with Crippen molar-refractivity contribution in [2.45, 2.75) is 44.3 Å². The lowest BCUT2D eigenvalue weighted by Gasteiger charge is -2.49. The Hall–Kier alpha value is -1.31. The van der Waals surface area contributed by atoms with Gasteiger partial charge in [0.1, 0.15) is 6.42 Å². The molecule has 2 rings (SSSR count). The maximum Gasteiger partial charge on any atom is 0.397 e. The second kappa shape index (κ2) is 6.67. The third-order valence-electron chi connectivity index (χ3n) is 5.09. The maximum absolute atomic E-state index is 12.5. The van der Waals surface area contributed by atoms with E-state index in [2.05, 4.69) is 4.90 Å². The van der Waals surface area contributed by atoms with Gasteiger partial charge in [0, 0.05) is 44.7 Å². The van der Waals surface area contributed by atoms with Crippen LogP contribution in [0.3, 0.4) is 0 Å². The molecule has 8 heteroatoms. The molecule has 0 saturated carbocycles. The lowest BCUT2D eigenvalue weighted by molar-refractivity contribution is -0.165. The van der Waals surface area contributed by atoms with E-state index in [0.29, 0.717) is 45.4 Å². The number of likely N-dealkylation sites (tertiary alicyclic amines) is 1. The van der Waals surface area contributed by atoms with Crippen LogP contribution in [0.5, 0.6) is 0 Å². The van der Waals surface area contributed by atoms with Gasteiger partial charge >= 0.3 is 6.18 Å². The molecule has 2 aliphatic rings. The highest BCUT2D eigenvalue weighted by atomic mass is 19.4. The van der Waals surface area contributed by atoms with Gasteiger partial charge in [0.15, 0.2) is 0 Å². The standard InChI is InChI=1S/C15H24F3N3O2/c1-3-20-7-6-14(5-4-12(20)22)11-21(9-8-19(14)2)13(23)10-15(16,17)18/h3-11H2,1-2H3/t14-/m1/s1. The number of alkyl halides is 3. The summed E-state index contributed by atoms with van der Waals surface area (Å²) in [4.78, 5) is 29.2. The molecule has 0 radical (unpaired) electrons. The molecule has 1 atom stereocenters.